The third-order valence-corrected chi connectivity index (χ3v) is 2.37. The van der Waals surface area contributed by atoms with E-state index >= 15 is 0 Å². The second-order valence-corrected chi connectivity index (χ2v) is 3.62. The maximum absolute atomic E-state index is 11.0. The maximum atomic E-state index is 11.0. The molecule has 1 aromatic heterocycles. The first-order valence-corrected chi connectivity index (χ1v) is 5.56. The quantitative estimate of drug-likeness (QED) is 0.885. The highest BCUT2D eigenvalue weighted by Crippen LogP contribution is 2.18. The Bertz CT molecular complexity index is 552. The van der Waals surface area contributed by atoms with Gasteiger partial charge in [-0.25, -0.2) is 4.98 Å². The lowest BCUT2D eigenvalue weighted by Gasteiger charge is -2.04. The first-order chi connectivity index (χ1) is 8.70. The van der Waals surface area contributed by atoms with E-state index in [1.54, 1.807) is 36.7 Å². The Labute approximate surface area is 105 Å². The average Bonchev–Trinajstić information content (AvgIpc) is 2.39. The van der Waals surface area contributed by atoms with Gasteiger partial charge in [0, 0.05) is 11.1 Å². The fraction of sp³-hybridized carbons (Fsp3) is 0.154. The summed E-state index contributed by atoms with van der Waals surface area (Å²) in [7, 11) is 0. The molecule has 0 fully saturated rings. The second-order valence-electron chi connectivity index (χ2n) is 3.62. The Morgan fingerprint density at radius 1 is 1.28 bits per heavy atom. The largest absolute Gasteiger partial charge is 0.477 e. The molecule has 0 saturated heterocycles. The van der Waals surface area contributed by atoms with Crippen LogP contribution in [0.1, 0.15) is 17.3 Å². The number of primary amides is 1. The third kappa shape index (κ3) is 2.63. The van der Waals surface area contributed by atoms with Crippen LogP contribution in [0.4, 0.5) is 0 Å². The zero-order valence-corrected chi connectivity index (χ0v) is 9.96. The van der Waals surface area contributed by atoms with E-state index < -0.39 is 5.91 Å². The number of amides is 1. The molecule has 0 saturated carbocycles. The molecule has 0 aliphatic rings. The van der Waals surface area contributed by atoms with E-state index in [4.69, 9.17) is 10.5 Å². The number of hydrogen-bond acceptors (Lipinski definition) is 4. The van der Waals surface area contributed by atoms with Crippen LogP contribution in [-0.2, 0) is 0 Å². The van der Waals surface area contributed by atoms with Gasteiger partial charge in [-0.1, -0.05) is 12.1 Å². The van der Waals surface area contributed by atoms with Gasteiger partial charge >= 0.3 is 0 Å². The number of carbonyl (C=O) groups is 1. The first kappa shape index (κ1) is 12.0. The number of nitrogens with zero attached hydrogens (tertiary/aromatic N) is 2. The molecule has 92 valence electrons. The number of benzene rings is 1. The SMILES string of the molecule is CCOc1cncc(-c2ccc(C(N)=O)cc2)n1. The summed E-state index contributed by atoms with van der Waals surface area (Å²) in [5.41, 5.74) is 7.19. The Kier molecular flexibility index (Phi) is 3.52. The lowest BCUT2D eigenvalue weighted by atomic mass is 10.1. The smallest absolute Gasteiger partial charge is 0.248 e. The van der Waals surface area contributed by atoms with Crippen molar-refractivity contribution in [3.05, 3.63) is 42.2 Å². The number of carbonyl (C=O) groups excluding carboxylic acids is 1. The Morgan fingerprint density at radius 3 is 2.61 bits per heavy atom. The van der Waals surface area contributed by atoms with Crippen LogP contribution in [-0.4, -0.2) is 22.5 Å². The fourth-order valence-corrected chi connectivity index (χ4v) is 1.51. The normalized spacial score (nSPS) is 10.1. The van der Waals surface area contributed by atoms with Gasteiger partial charge in [-0.15, -0.1) is 0 Å². The number of rotatable bonds is 4. The van der Waals surface area contributed by atoms with E-state index in [0.29, 0.717) is 23.7 Å². The van der Waals surface area contributed by atoms with Crippen LogP contribution in [0, 0.1) is 0 Å². The molecule has 0 bridgehead atoms. The van der Waals surface area contributed by atoms with Crippen LogP contribution in [0.5, 0.6) is 5.88 Å². The number of hydrogen-bond donors (Lipinski definition) is 1. The highest BCUT2D eigenvalue weighted by atomic mass is 16.5. The van der Waals surface area contributed by atoms with E-state index in [1.165, 1.54) is 0 Å². The summed E-state index contributed by atoms with van der Waals surface area (Å²) in [6.45, 7) is 2.43. The zero-order valence-electron chi connectivity index (χ0n) is 9.96. The van der Waals surface area contributed by atoms with Gasteiger partial charge in [0.25, 0.3) is 0 Å². The Morgan fingerprint density at radius 2 is 2.00 bits per heavy atom. The van der Waals surface area contributed by atoms with Crippen molar-refractivity contribution in [3.8, 4) is 17.1 Å². The molecule has 2 rings (SSSR count). The van der Waals surface area contributed by atoms with Crippen molar-refractivity contribution in [1.29, 1.82) is 0 Å². The minimum absolute atomic E-state index is 0.448. The minimum atomic E-state index is -0.448. The van der Waals surface area contributed by atoms with E-state index in [2.05, 4.69) is 9.97 Å². The van der Waals surface area contributed by atoms with E-state index in [-0.39, 0.29) is 0 Å². The molecule has 1 aromatic carbocycles. The summed E-state index contributed by atoms with van der Waals surface area (Å²) in [5.74, 6) is 0.0321. The van der Waals surface area contributed by atoms with Crippen LogP contribution >= 0.6 is 0 Å². The average molecular weight is 243 g/mol. The molecular weight excluding hydrogens is 230 g/mol. The Balaban J connectivity index is 2.30. The molecule has 2 aromatic rings. The van der Waals surface area contributed by atoms with Crippen molar-refractivity contribution in [2.45, 2.75) is 6.92 Å². The van der Waals surface area contributed by atoms with Crippen molar-refractivity contribution < 1.29 is 9.53 Å². The molecule has 0 radical (unpaired) electrons. The van der Waals surface area contributed by atoms with E-state index in [9.17, 15) is 4.79 Å². The molecule has 2 N–H and O–H groups in total. The van der Waals surface area contributed by atoms with E-state index in [1.807, 2.05) is 6.92 Å². The highest BCUT2D eigenvalue weighted by Gasteiger charge is 2.04. The molecule has 1 heterocycles. The van der Waals surface area contributed by atoms with Crippen molar-refractivity contribution in [3.63, 3.8) is 0 Å². The van der Waals surface area contributed by atoms with Crippen molar-refractivity contribution in [1.82, 2.24) is 9.97 Å². The summed E-state index contributed by atoms with van der Waals surface area (Å²) in [5, 5.41) is 0. The Hall–Kier alpha value is -2.43. The molecule has 0 unspecified atom stereocenters. The monoisotopic (exact) mass is 243 g/mol. The topological polar surface area (TPSA) is 78.1 Å². The predicted molar refractivity (Wildman–Crippen MR) is 67.2 cm³/mol. The number of nitrogens with two attached hydrogens (primary N) is 1. The van der Waals surface area contributed by atoms with Gasteiger partial charge in [0.1, 0.15) is 0 Å². The molecule has 5 nitrogen and oxygen atoms in total. The number of aromatic nitrogens is 2. The van der Waals surface area contributed by atoms with Gasteiger partial charge in [0.2, 0.25) is 11.8 Å². The highest BCUT2D eigenvalue weighted by molar-refractivity contribution is 5.93. The molecule has 5 heteroatoms. The van der Waals surface area contributed by atoms with Gasteiger partial charge < -0.3 is 10.5 Å². The minimum Gasteiger partial charge on any atom is -0.477 e. The number of ether oxygens (including phenoxy) is 1. The maximum Gasteiger partial charge on any atom is 0.248 e. The summed E-state index contributed by atoms with van der Waals surface area (Å²) in [6.07, 6.45) is 3.20. The molecule has 0 aliphatic heterocycles. The molecule has 1 amide bonds. The van der Waals surface area contributed by atoms with Crippen molar-refractivity contribution in [2.75, 3.05) is 6.61 Å². The van der Waals surface area contributed by atoms with Crippen LogP contribution < -0.4 is 10.5 Å². The van der Waals surface area contributed by atoms with Crippen LogP contribution in [0.2, 0.25) is 0 Å². The predicted octanol–water partition coefficient (Wildman–Crippen LogP) is 1.64. The van der Waals surface area contributed by atoms with Crippen LogP contribution in [0.3, 0.4) is 0 Å². The van der Waals surface area contributed by atoms with Gasteiger partial charge in [0.05, 0.1) is 24.7 Å². The summed E-state index contributed by atoms with van der Waals surface area (Å²) >= 11 is 0. The van der Waals surface area contributed by atoms with E-state index in [0.717, 1.165) is 5.56 Å². The van der Waals surface area contributed by atoms with Gasteiger partial charge in [0.15, 0.2) is 0 Å². The zero-order chi connectivity index (χ0) is 13.0. The molecular formula is C13H13N3O2. The van der Waals surface area contributed by atoms with Crippen molar-refractivity contribution in [2.24, 2.45) is 5.73 Å². The van der Waals surface area contributed by atoms with Crippen LogP contribution in [0.15, 0.2) is 36.7 Å². The first-order valence-electron chi connectivity index (χ1n) is 5.56. The summed E-state index contributed by atoms with van der Waals surface area (Å²) in [4.78, 5) is 19.3. The summed E-state index contributed by atoms with van der Waals surface area (Å²) < 4.78 is 5.28. The van der Waals surface area contributed by atoms with Gasteiger partial charge in [-0.3, -0.25) is 9.78 Å². The molecule has 18 heavy (non-hydrogen) atoms. The summed E-state index contributed by atoms with van der Waals surface area (Å²) in [6, 6.07) is 6.87. The van der Waals surface area contributed by atoms with Gasteiger partial charge in [-0.05, 0) is 19.1 Å². The van der Waals surface area contributed by atoms with Crippen LogP contribution in [0.25, 0.3) is 11.3 Å². The third-order valence-electron chi connectivity index (χ3n) is 2.37. The second kappa shape index (κ2) is 5.27. The lowest BCUT2D eigenvalue weighted by molar-refractivity contribution is 0.100. The fourth-order valence-electron chi connectivity index (χ4n) is 1.51. The molecule has 0 atom stereocenters. The standard InChI is InChI=1S/C13H13N3O2/c1-2-18-12-8-15-7-11(16-12)9-3-5-10(6-4-9)13(14)17/h3-8H,2H2,1H3,(H2,14,17). The molecule has 0 aliphatic carbocycles. The van der Waals surface area contributed by atoms with Crippen molar-refractivity contribution >= 4 is 5.91 Å². The molecule has 0 spiro atoms. The van der Waals surface area contributed by atoms with Gasteiger partial charge in [-0.2, -0.15) is 0 Å². The lowest BCUT2D eigenvalue weighted by Crippen LogP contribution is -2.10.